The molecule has 20 heavy (non-hydrogen) atoms. The van der Waals surface area contributed by atoms with Gasteiger partial charge in [-0.15, -0.1) is 0 Å². The summed E-state index contributed by atoms with van der Waals surface area (Å²) in [5.74, 6) is -0.149. The Bertz CT molecular complexity index is 619. The first kappa shape index (κ1) is 15.5. The van der Waals surface area contributed by atoms with Crippen molar-refractivity contribution in [2.45, 2.75) is 19.9 Å². The van der Waals surface area contributed by atoms with Crippen LogP contribution in [0.2, 0.25) is 5.02 Å². The van der Waals surface area contributed by atoms with Gasteiger partial charge in [-0.1, -0.05) is 39.7 Å². The summed E-state index contributed by atoms with van der Waals surface area (Å²) in [7, 11) is 1.87. The van der Waals surface area contributed by atoms with Crippen LogP contribution in [0, 0.1) is 19.7 Å². The van der Waals surface area contributed by atoms with E-state index in [1.807, 2.05) is 37.4 Å². The molecule has 0 heterocycles. The lowest BCUT2D eigenvalue weighted by molar-refractivity contribution is 0.604. The number of rotatable bonds is 3. The van der Waals surface area contributed by atoms with Crippen molar-refractivity contribution in [1.82, 2.24) is 5.32 Å². The third-order valence-corrected chi connectivity index (χ3v) is 4.19. The van der Waals surface area contributed by atoms with Crippen molar-refractivity contribution >= 4 is 27.5 Å². The number of aryl methyl sites for hydroxylation is 2. The summed E-state index contributed by atoms with van der Waals surface area (Å²) in [5, 5.41) is 3.94. The molecule has 0 aliphatic heterocycles. The predicted octanol–water partition coefficient (Wildman–Crippen LogP) is 5.17. The van der Waals surface area contributed by atoms with Gasteiger partial charge < -0.3 is 5.32 Å². The Morgan fingerprint density at radius 2 is 1.75 bits per heavy atom. The van der Waals surface area contributed by atoms with Crippen molar-refractivity contribution in [2.75, 3.05) is 7.05 Å². The van der Waals surface area contributed by atoms with E-state index in [-0.39, 0.29) is 11.9 Å². The van der Waals surface area contributed by atoms with E-state index in [1.54, 1.807) is 13.8 Å². The van der Waals surface area contributed by atoms with Crippen molar-refractivity contribution in [3.63, 3.8) is 0 Å². The monoisotopic (exact) mass is 355 g/mol. The van der Waals surface area contributed by atoms with Crippen molar-refractivity contribution in [3.05, 3.63) is 67.9 Å². The van der Waals surface area contributed by atoms with Crippen LogP contribution in [-0.4, -0.2) is 7.05 Å². The first-order chi connectivity index (χ1) is 9.43. The van der Waals surface area contributed by atoms with Gasteiger partial charge in [-0.25, -0.2) is 4.39 Å². The first-order valence-electron chi connectivity index (χ1n) is 6.33. The molecule has 0 amide bonds. The van der Waals surface area contributed by atoms with Gasteiger partial charge in [0.25, 0.3) is 0 Å². The SMILES string of the molecule is CNC(c1cc(C)c(F)c(C)c1)c1cc(Br)ccc1Cl. The molecule has 0 bridgehead atoms. The van der Waals surface area contributed by atoms with Crippen LogP contribution >= 0.6 is 27.5 Å². The lowest BCUT2D eigenvalue weighted by atomic mass is 9.95. The molecule has 2 rings (SSSR count). The van der Waals surface area contributed by atoms with E-state index in [2.05, 4.69) is 21.2 Å². The van der Waals surface area contributed by atoms with Gasteiger partial charge in [-0.05, 0) is 61.3 Å². The van der Waals surface area contributed by atoms with Crippen molar-refractivity contribution in [3.8, 4) is 0 Å². The average Bonchev–Trinajstić information content (AvgIpc) is 2.40. The molecule has 0 saturated heterocycles. The van der Waals surface area contributed by atoms with Crippen LogP contribution in [0.5, 0.6) is 0 Å². The molecular formula is C16H16BrClFN. The Labute approximate surface area is 132 Å². The number of halogens is 3. The molecule has 2 aromatic carbocycles. The average molecular weight is 357 g/mol. The molecule has 0 aromatic heterocycles. The minimum Gasteiger partial charge on any atom is -0.309 e. The highest BCUT2D eigenvalue weighted by Gasteiger charge is 2.17. The molecule has 1 atom stereocenters. The zero-order valence-corrected chi connectivity index (χ0v) is 13.9. The number of benzene rings is 2. The van der Waals surface area contributed by atoms with E-state index < -0.39 is 0 Å². The Balaban J connectivity index is 2.55. The molecule has 106 valence electrons. The van der Waals surface area contributed by atoms with Crippen molar-refractivity contribution in [2.24, 2.45) is 0 Å². The van der Waals surface area contributed by atoms with Crippen LogP contribution in [0.3, 0.4) is 0 Å². The fourth-order valence-corrected chi connectivity index (χ4v) is 2.99. The molecule has 1 unspecified atom stereocenters. The van der Waals surface area contributed by atoms with E-state index in [4.69, 9.17) is 11.6 Å². The fourth-order valence-electron chi connectivity index (χ4n) is 2.38. The van der Waals surface area contributed by atoms with Gasteiger partial charge >= 0.3 is 0 Å². The van der Waals surface area contributed by atoms with Crippen LogP contribution in [0.1, 0.15) is 28.3 Å². The van der Waals surface area contributed by atoms with Crippen LogP contribution in [0.25, 0.3) is 0 Å². The van der Waals surface area contributed by atoms with Gasteiger partial charge in [0.1, 0.15) is 5.82 Å². The molecule has 2 aromatic rings. The molecule has 0 aliphatic rings. The third-order valence-electron chi connectivity index (χ3n) is 3.35. The zero-order valence-electron chi connectivity index (χ0n) is 11.6. The minimum atomic E-state index is -0.149. The van der Waals surface area contributed by atoms with Gasteiger partial charge in [-0.3, -0.25) is 0 Å². The van der Waals surface area contributed by atoms with Gasteiger partial charge in [-0.2, -0.15) is 0 Å². The van der Waals surface area contributed by atoms with Crippen molar-refractivity contribution in [1.29, 1.82) is 0 Å². The summed E-state index contributed by atoms with van der Waals surface area (Å²) < 4.78 is 14.7. The van der Waals surface area contributed by atoms with E-state index in [0.29, 0.717) is 16.1 Å². The molecule has 1 nitrogen and oxygen atoms in total. The first-order valence-corrected chi connectivity index (χ1v) is 7.50. The standard InChI is InChI=1S/C16H16BrClFN/c1-9-6-11(7-10(2)15(9)19)16(20-3)13-8-12(17)4-5-14(13)18/h4-8,16,20H,1-3H3. The highest BCUT2D eigenvalue weighted by molar-refractivity contribution is 9.10. The summed E-state index contributed by atoms with van der Waals surface area (Å²) in [4.78, 5) is 0. The third kappa shape index (κ3) is 3.05. The Morgan fingerprint density at radius 1 is 1.15 bits per heavy atom. The lowest BCUT2D eigenvalue weighted by Crippen LogP contribution is -2.18. The smallest absolute Gasteiger partial charge is 0.129 e. The second-order valence-corrected chi connectivity index (χ2v) is 6.18. The van der Waals surface area contributed by atoms with E-state index >= 15 is 0 Å². The highest BCUT2D eigenvalue weighted by atomic mass is 79.9. The molecule has 0 saturated carbocycles. The van der Waals surface area contributed by atoms with Crippen LogP contribution in [0.15, 0.2) is 34.8 Å². The normalized spacial score (nSPS) is 12.5. The summed E-state index contributed by atoms with van der Waals surface area (Å²) in [6, 6.07) is 9.39. The van der Waals surface area contributed by atoms with Gasteiger partial charge in [0.15, 0.2) is 0 Å². The topological polar surface area (TPSA) is 12.0 Å². The molecule has 1 N–H and O–H groups in total. The maximum Gasteiger partial charge on any atom is 0.129 e. The largest absolute Gasteiger partial charge is 0.309 e. The zero-order chi connectivity index (χ0) is 14.9. The van der Waals surface area contributed by atoms with Gasteiger partial charge in [0.2, 0.25) is 0 Å². The summed E-state index contributed by atoms with van der Waals surface area (Å²) in [6.07, 6.45) is 0. The molecule has 0 radical (unpaired) electrons. The molecule has 0 fully saturated rings. The number of hydrogen-bond acceptors (Lipinski definition) is 1. The molecular weight excluding hydrogens is 341 g/mol. The van der Waals surface area contributed by atoms with Crippen LogP contribution < -0.4 is 5.32 Å². The number of hydrogen-bond donors (Lipinski definition) is 1. The maximum absolute atomic E-state index is 13.8. The molecule has 0 aliphatic carbocycles. The second kappa shape index (κ2) is 6.25. The molecule has 0 spiro atoms. The van der Waals surface area contributed by atoms with E-state index in [0.717, 1.165) is 15.6 Å². The van der Waals surface area contributed by atoms with Crippen molar-refractivity contribution < 1.29 is 4.39 Å². The Hall–Kier alpha value is -0.900. The van der Waals surface area contributed by atoms with Gasteiger partial charge in [0, 0.05) is 9.50 Å². The Kier molecular flexibility index (Phi) is 4.84. The quantitative estimate of drug-likeness (QED) is 0.800. The van der Waals surface area contributed by atoms with E-state index in [1.165, 1.54) is 0 Å². The second-order valence-electron chi connectivity index (χ2n) is 4.86. The summed E-state index contributed by atoms with van der Waals surface area (Å²) >= 11 is 9.76. The highest BCUT2D eigenvalue weighted by Crippen LogP contribution is 2.32. The predicted molar refractivity (Wildman–Crippen MR) is 85.9 cm³/mol. The maximum atomic E-state index is 13.8. The number of nitrogens with one attached hydrogen (secondary N) is 1. The lowest BCUT2D eigenvalue weighted by Gasteiger charge is -2.20. The van der Waals surface area contributed by atoms with Crippen LogP contribution in [-0.2, 0) is 0 Å². The molecule has 4 heteroatoms. The van der Waals surface area contributed by atoms with Gasteiger partial charge in [0.05, 0.1) is 6.04 Å². The Morgan fingerprint density at radius 3 is 2.30 bits per heavy atom. The summed E-state index contributed by atoms with van der Waals surface area (Å²) in [5.41, 5.74) is 3.26. The van der Waals surface area contributed by atoms with E-state index in [9.17, 15) is 4.39 Å². The fraction of sp³-hybridized carbons (Fsp3) is 0.250. The minimum absolute atomic E-state index is 0.0713. The summed E-state index contributed by atoms with van der Waals surface area (Å²) in [6.45, 7) is 3.56. The van der Waals surface area contributed by atoms with Crippen LogP contribution in [0.4, 0.5) is 4.39 Å².